The minimum Gasteiger partial charge on any atom is -0.444 e. The van der Waals surface area contributed by atoms with Crippen molar-refractivity contribution in [3.8, 4) is 0 Å². The second kappa shape index (κ2) is 6.69. The standard InChI is InChI=1S/C13H24N2O/c1-10(2)5-6-12-8-15-13(16-12)9-14-7-11(3)4/h8,10-11,14H,5-7,9H2,1-4H3. The highest BCUT2D eigenvalue weighted by Crippen LogP contribution is 2.10. The number of nitrogens with zero attached hydrogens (tertiary/aromatic N) is 1. The van der Waals surface area contributed by atoms with Crippen LogP contribution >= 0.6 is 0 Å². The third-order valence-electron chi connectivity index (χ3n) is 2.40. The zero-order valence-corrected chi connectivity index (χ0v) is 10.9. The quantitative estimate of drug-likeness (QED) is 0.773. The summed E-state index contributed by atoms with van der Waals surface area (Å²) in [5, 5.41) is 3.32. The van der Waals surface area contributed by atoms with Gasteiger partial charge in [-0.3, -0.25) is 0 Å². The van der Waals surface area contributed by atoms with Gasteiger partial charge in [0.05, 0.1) is 12.7 Å². The summed E-state index contributed by atoms with van der Waals surface area (Å²) in [6.07, 6.45) is 4.01. The fourth-order valence-corrected chi connectivity index (χ4v) is 1.44. The molecule has 1 aromatic heterocycles. The highest BCUT2D eigenvalue weighted by atomic mass is 16.4. The van der Waals surface area contributed by atoms with Crippen LogP contribution in [0.2, 0.25) is 0 Å². The van der Waals surface area contributed by atoms with Crippen molar-refractivity contribution < 1.29 is 4.42 Å². The predicted octanol–water partition coefficient (Wildman–Crippen LogP) is 3.01. The molecule has 0 saturated heterocycles. The Morgan fingerprint density at radius 1 is 1.25 bits per heavy atom. The Morgan fingerprint density at radius 2 is 2.00 bits per heavy atom. The van der Waals surface area contributed by atoms with Crippen molar-refractivity contribution in [3.63, 3.8) is 0 Å². The van der Waals surface area contributed by atoms with Gasteiger partial charge >= 0.3 is 0 Å². The Kier molecular flexibility index (Phi) is 5.53. The van der Waals surface area contributed by atoms with Gasteiger partial charge in [0.25, 0.3) is 0 Å². The van der Waals surface area contributed by atoms with E-state index in [1.165, 1.54) is 0 Å². The number of nitrogens with one attached hydrogen (secondary N) is 1. The lowest BCUT2D eigenvalue weighted by atomic mass is 10.1. The molecule has 0 aliphatic carbocycles. The SMILES string of the molecule is CC(C)CCc1cnc(CNCC(C)C)o1. The molecule has 16 heavy (non-hydrogen) atoms. The molecule has 0 saturated carbocycles. The molecule has 92 valence electrons. The van der Waals surface area contributed by atoms with E-state index in [1.807, 2.05) is 6.20 Å². The fourth-order valence-electron chi connectivity index (χ4n) is 1.44. The molecule has 0 bridgehead atoms. The van der Waals surface area contributed by atoms with Gasteiger partial charge in [-0.15, -0.1) is 0 Å². The van der Waals surface area contributed by atoms with Crippen molar-refractivity contribution >= 4 is 0 Å². The first-order chi connectivity index (χ1) is 7.58. The topological polar surface area (TPSA) is 38.1 Å². The first kappa shape index (κ1) is 13.2. The molecule has 3 nitrogen and oxygen atoms in total. The predicted molar refractivity (Wildman–Crippen MR) is 66.2 cm³/mol. The smallest absolute Gasteiger partial charge is 0.208 e. The zero-order valence-electron chi connectivity index (χ0n) is 10.9. The molecule has 0 aliphatic rings. The first-order valence-corrected chi connectivity index (χ1v) is 6.22. The minimum atomic E-state index is 0.662. The zero-order chi connectivity index (χ0) is 12.0. The second-order valence-electron chi connectivity index (χ2n) is 5.18. The normalized spacial score (nSPS) is 11.6. The third kappa shape index (κ3) is 5.31. The monoisotopic (exact) mass is 224 g/mol. The van der Waals surface area contributed by atoms with Crippen LogP contribution in [0.5, 0.6) is 0 Å². The molecule has 3 heteroatoms. The van der Waals surface area contributed by atoms with Crippen LogP contribution in [0.15, 0.2) is 10.6 Å². The van der Waals surface area contributed by atoms with Gasteiger partial charge in [0.1, 0.15) is 5.76 Å². The lowest BCUT2D eigenvalue weighted by Gasteiger charge is -2.04. The van der Waals surface area contributed by atoms with Gasteiger partial charge in [-0.1, -0.05) is 27.7 Å². The van der Waals surface area contributed by atoms with Crippen molar-refractivity contribution in [2.75, 3.05) is 6.54 Å². The average molecular weight is 224 g/mol. The summed E-state index contributed by atoms with van der Waals surface area (Å²) in [7, 11) is 0. The number of rotatable bonds is 7. The van der Waals surface area contributed by atoms with Gasteiger partial charge in [-0.05, 0) is 24.8 Å². The Labute approximate surface area is 98.6 Å². The first-order valence-electron chi connectivity index (χ1n) is 6.22. The van der Waals surface area contributed by atoms with Crippen LogP contribution in [-0.2, 0) is 13.0 Å². The molecule has 0 atom stereocenters. The molecule has 1 N–H and O–H groups in total. The second-order valence-corrected chi connectivity index (χ2v) is 5.18. The number of hydrogen-bond acceptors (Lipinski definition) is 3. The van der Waals surface area contributed by atoms with Gasteiger partial charge in [-0.2, -0.15) is 0 Å². The van der Waals surface area contributed by atoms with Crippen molar-refractivity contribution in [2.24, 2.45) is 11.8 Å². The molecule has 0 aliphatic heterocycles. The van der Waals surface area contributed by atoms with E-state index in [4.69, 9.17) is 4.42 Å². The van der Waals surface area contributed by atoms with Crippen LogP contribution in [0.25, 0.3) is 0 Å². The maximum absolute atomic E-state index is 5.64. The average Bonchev–Trinajstić information content (AvgIpc) is 2.62. The summed E-state index contributed by atoms with van der Waals surface area (Å²) in [6, 6.07) is 0. The van der Waals surface area contributed by atoms with Crippen molar-refractivity contribution in [2.45, 2.75) is 47.1 Å². The van der Waals surface area contributed by atoms with E-state index in [0.717, 1.165) is 37.6 Å². The van der Waals surface area contributed by atoms with E-state index in [0.29, 0.717) is 11.8 Å². The van der Waals surface area contributed by atoms with Gasteiger partial charge in [0.15, 0.2) is 0 Å². The number of aryl methyl sites for hydroxylation is 1. The summed E-state index contributed by atoms with van der Waals surface area (Å²) in [4.78, 5) is 4.26. The lowest BCUT2D eigenvalue weighted by molar-refractivity contribution is 0.414. The Hall–Kier alpha value is -0.830. The van der Waals surface area contributed by atoms with Gasteiger partial charge in [0, 0.05) is 6.42 Å². The van der Waals surface area contributed by atoms with Crippen molar-refractivity contribution in [1.29, 1.82) is 0 Å². The van der Waals surface area contributed by atoms with Gasteiger partial charge in [0.2, 0.25) is 5.89 Å². The summed E-state index contributed by atoms with van der Waals surface area (Å²) < 4.78 is 5.64. The lowest BCUT2D eigenvalue weighted by Crippen LogP contribution is -2.19. The van der Waals surface area contributed by atoms with Crippen LogP contribution < -0.4 is 5.32 Å². The molecular weight excluding hydrogens is 200 g/mol. The highest BCUT2D eigenvalue weighted by Gasteiger charge is 2.04. The van der Waals surface area contributed by atoms with Crippen LogP contribution in [0, 0.1) is 11.8 Å². The van der Waals surface area contributed by atoms with E-state index in [1.54, 1.807) is 0 Å². The molecular formula is C13H24N2O. The number of aromatic nitrogens is 1. The minimum absolute atomic E-state index is 0.662. The molecule has 0 unspecified atom stereocenters. The Balaban J connectivity index is 2.28. The van der Waals surface area contributed by atoms with E-state index < -0.39 is 0 Å². The molecule has 0 radical (unpaired) electrons. The maximum Gasteiger partial charge on any atom is 0.208 e. The van der Waals surface area contributed by atoms with Crippen LogP contribution in [-0.4, -0.2) is 11.5 Å². The maximum atomic E-state index is 5.64. The summed E-state index contributed by atoms with van der Waals surface area (Å²) >= 11 is 0. The number of hydrogen-bond donors (Lipinski definition) is 1. The molecule has 1 heterocycles. The molecule has 0 aromatic carbocycles. The Morgan fingerprint density at radius 3 is 2.62 bits per heavy atom. The molecule has 0 amide bonds. The summed E-state index contributed by atoms with van der Waals surface area (Å²) in [5.41, 5.74) is 0. The van der Waals surface area contributed by atoms with Crippen LogP contribution in [0.3, 0.4) is 0 Å². The molecule has 0 fully saturated rings. The van der Waals surface area contributed by atoms with Crippen molar-refractivity contribution in [3.05, 3.63) is 17.8 Å². The molecule has 0 spiro atoms. The summed E-state index contributed by atoms with van der Waals surface area (Å²) in [6.45, 7) is 10.6. The van der Waals surface area contributed by atoms with Gasteiger partial charge in [-0.25, -0.2) is 4.98 Å². The fraction of sp³-hybridized carbons (Fsp3) is 0.769. The van der Waals surface area contributed by atoms with Crippen LogP contribution in [0.4, 0.5) is 0 Å². The summed E-state index contributed by atoms with van der Waals surface area (Å²) in [5.74, 6) is 3.19. The molecule has 1 rings (SSSR count). The third-order valence-corrected chi connectivity index (χ3v) is 2.40. The van der Waals surface area contributed by atoms with Crippen LogP contribution in [0.1, 0.15) is 45.8 Å². The largest absolute Gasteiger partial charge is 0.444 e. The highest BCUT2D eigenvalue weighted by molar-refractivity contribution is 4.94. The van der Waals surface area contributed by atoms with E-state index in [-0.39, 0.29) is 0 Å². The van der Waals surface area contributed by atoms with Gasteiger partial charge < -0.3 is 9.73 Å². The van der Waals surface area contributed by atoms with E-state index >= 15 is 0 Å². The van der Waals surface area contributed by atoms with E-state index in [2.05, 4.69) is 38.0 Å². The number of oxazole rings is 1. The molecule has 1 aromatic rings. The van der Waals surface area contributed by atoms with E-state index in [9.17, 15) is 0 Å². The Bertz CT molecular complexity index is 292. The van der Waals surface area contributed by atoms with Crippen molar-refractivity contribution in [1.82, 2.24) is 10.3 Å².